The van der Waals surface area contributed by atoms with Gasteiger partial charge in [0, 0.05) is 19.1 Å². The monoisotopic (exact) mass is 641 g/mol. The Hall–Kier alpha value is -3.79. The number of carbonyl (C=O) groups is 3. The van der Waals surface area contributed by atoms with Crippen LogP contribution in [0.3, 0.4) is 0 Å². The summed E-state index contributed by atoms with van der Waals surface area (Å²) in [5, 5.41) is 9.05. The van der Waals surface area contributed by atoms with Crippen LogP contribution in [0.1, 0.15) is 92.7 Å². The van der Waals surface area contributed by atoms with Crippen LogP contribution in [-0.4, -0.2) is 60.1 Å². The van der Waals surface area contributed by atoms with Crippen molar-refractivity contribution < 1.29 is 33.3 Å². The number of hydrogen-bond donors (Lipinski definition) is 3. The second kappa shape index (κ2) is 17.8. The summed E-state index contributed by atoms with van der Waals surface area (Å²) in [6.45, 7) is 17.8. The molecular weight excluding hydrogens is 586 g/mol. The summed E-state index contributed by atoms with van der Waals surface area (Å²) in [5.74, 6) is 0.386. The van der Waals surface area contributed by atoms with E-state index < -0.39 is 29.4 Å². The first-order chi connectivity index (χ1) is 21.4. The van der Waals surface area contributed by atoms with E-state index in [4.69, 9.17) is 18.9 Å². The highest BCUT2D eigenvalue weighted by Gasteiger charge is 2.27. The van der Waals surface area contributed by atoms with Crippen LogP contribution in [0.2, 0.25) is 0 Å². The van der Waals surface area contributed by atoms with Crippen molar-refractivity contribution in [1.29, 1.82) is 0 Å². The molecule has 2 aromatic rings. The highest BCUT2D eigenvalue weighted by molar-refractivity contribution is 5.76. The molecule has 0 bridgehead atoms. The van der Waals surface area contributed by atoms with E-state index in [1.54, 1.807) is 0 Å². The van der Waals surface area contributed by atoms with Crippen LogP contribution in [-0.2, 0) is 32.0 Å². The Kier molecular flexibility index (Phi) is 14.8. The van der Waals surface area contributed by atoms with E-state index in [1.165, 1.54) is 0 Å². The van der Waals surface area contributed by atoms with Crippen LogP contribution in [0.4, 0.5) is 9.59 Å². The van der Waals surface area contributed by atoms with Crippen LogP contribution >= 0.6 is 0 Å². The lowest BCUT2D eigenvalue weighted by Gasteiger charge is -2.27. The van der Waals surface area contributed by atoms with Crippen molar-refractivity contribution in [1.82, 2.24) is 16.0 Å². The first-order valence-electron chi connectivity index (χ1n) is 16.1. The molecule has 10 nitrogen and oxygen atoms in total. The zero-order chi connectivity index (χ0) is 34.4. The standard InChI is InChI=1S/C36H55N3O7/c1-34(2,3)44-29-20-18-26(19-21-29)23-28(39-33(42)46-36(7,8)9)24-38-30(31(40)45-35(4,5)6)17-13-14-22-37-32(41)43-25-27-15-11-10-12-16-27/h10-12,15-16,18-21,28,30,38H,13-14,17,22-25H2,1-9H3,(H,37,41)(H,39,42)/t28-,30-/m0/s1. The van der Waals surface area contributed by atoms with Gasteiger partial charge in [-0.25, -0.2) is 9.59 Å². The SMILES string of the molecule is CC(C)(C)OC(=O)N[C@H](CN[C@@H](CCCCNC(=O)OCc1ccccc1)C(=O)OC(C)(C)C)Cc1ccc(OC(C)(C)C)cc1. The van der Waals surface area contributed by atoms with Crippen LogP contribution in [0, 0.1) is 0 Å². The molecule has 0 unspecified atom stereocenters. The minimum Gasteiger partial charge on any atom is -0.488 e. The lowest BCUT2D eigenvalue weighted by molar-refractivity contribution is -0.157. The fourth-order valence-corrected chi connectivity index (χ4v) is 4.38. The van der Waals surface area contributed by atoms with Gasteiger partial charge in [0.1, 0.15) is 35.2 Å². The molecule has 2 atom stereocenters. The molecule has 2 aromatic carbocycles. The molecular formula is C36H55N3O7. The molecule has 0 saturated heterocycles. The fourth-order valence-electron chi connectivity index (χ4n) is 4.38. The summed E-state index contributed by atoms with van der Waals surface area (Å²) in [6.07, 6.45) is 1.25. The molecule has 0 aliphatic heterocycles. The normalized spacial score (nSPS) is 13.2. The first-order valence-corrected chi connectivity index (χ1v) is 16.1. The van der Waals surface area contributed by atoms with Gasteiger partial charge in [0.2, 0.25) is 0 Å². The average Bonchev–Trinajstić information content (AvgIpc) is 2.92. The number of alkyl carbamates (subject to hydrolysis) is 2. The fraction of sp³-hybridized carbons (Fsp3) is 0.583. The number of rotatable bonds is 15. The average molecular weight is 642 g/mol. The molecule has 10 heteroatoms. The number of hydrogen-bond acceptors (Lipinski definition) is 8. The van der Waals surface area contributed by atoms with Crippen LogP contribution in [0.25, 0.3) is 0 Å². The molecule has 0 spiro atoms. The highest BCUT2D eigenvalue weighted by Crippen LogP contribution is 2.19. The van der Waals surface area contributed by atoms with Gasteiger partial charge in [0.05, 0.1) is 0 Å². The Balaban J connectivity index is 2.01. The second-order valence-corrected chi connectivity index (χ2v) is 14.4. The quantitative estimate of drug-likeness (QED) is 0.112. The van der Waals surface area contributed by atoms with Crippen LogP contribution < -0.4 is 20.7 Å². The van der Waals surface area contributed by atoms with Crippen molar-refractivity contribution in [2.45, 2.75) is 123 Å². The van der Waals surface area contributed by atoms with E-state index in [2.05, 4.69) is 16.0 Å². The first kappa shape index (κ1) is 38.4. The number of esters is 1. The Labute approximate surface area is 275 Å². The lowest BCUT2D eigenvalue weighted by Crippen LogP contribution is -2.50. The third-order valence-corrected chi connectivity index (χ3v) is 6.25. The van der Waals surface area contributed by atoms with Gasteiger partial charge < -0.3 is 34.9 Å². The number of ether oxygens (including phenoxy) is 4. The highest BCUT2D eigenvalue weighted by atomic mass is 16.6. The molecule has 2 rings (SSSR count). The van der Waals surface area contributed by atoms with E-state index in [9.17, 15) is 14.4 Å². The molecule has 0 radical (unpaired) electrons. The van der Waals surface area contributed by atoms with Gasteiger partial charge in [-0.1, -0.05) is 42.5 Å². The molecule has 0 aliphatic rings. The van der Waals surface area contributed by atoms with E-state index in [1.807, 2.05) is 117 Å². The van der Waals surface area contributed by atoms with Crippen molar-refractivity contribution in [2.24, 2.45) is 0 Å². The number of nitrogens with one attached hydrogen (secondary N) is 3. The third-order valence-electron chi connectivity index (χ3n) is 6.25. The molecule has 0 aromatic heterocycles. The zero-order valence-electron chi connectivity index (χ0n) is 29.2. The number of amides is 2. The third kappa shape index (κ3) is 17.6. The summed E-state index contributed by atoms with van der Waals surface area (Å²) >= 11 is 0. The topological polar surface area (TPSA) is 124 Å². The summed E-state index contributed by atoms with van der Waals surface area (Å²) in [5.41, 5.74) is 0.268. The van der Waals surface area contributed by atoms with Gasteiger partial charge in [-0.2, -0.15) is 0 Å². The molecule has 0 heterocycles. The maximum atomic E-state index is 13.2. The Morgan fingerprint density at radius 1 is 0.717 bits per heavy atom. The molecule has 0 aliphatic carbocycles. The molecule has 256 valence electrons. The predicted octanol–water partition coefficient (Wildman–Crippen LogP) is 6.70. The van der Waals surface area contributed by atoms with Crippen molar-refractivity contribution in [3.8, 4) is 5.75 Å². The maximum absolute atomic E-state index is 13.2. The molecule has 2 amide bonds. The van der Waals surface area contributed by atoms with Crippen molar-refractivity contribution in [2.75, 3.05) is 13.1 Å². The summed E-state index contributed by atoms with van der Waals surface area (Å²) in [4.78, 5) is 38.0. The predicted molar refractivity (Wildman–Crippen MR) is 180 cm³/mol. The zero-order valence-corrected chi connectivity index (χ0v) is 29.2. The lowest BCUT2D eigenvalue weighted by atomic mass is 10.0. The van der Waals surface area contributed by atoms with E-state index in [-0.39, 0.29) is 24.2 Å². The van der Waals surface area contributed by atoms with Gasteiger partial charge >= 0.3 is 18.2 Å². The molecule has 46 heavy (non-hydrogen) atoms. The number of benzene rings is 2. The Bertz CT molecular complexity index is 1210. The molecule has 0 fully saturated rings. The van der Waals surface area contributed by atoms with Gasteiger partial charge in [-0.05, 0) is 111 Å². The smallest absolute Gasteiger partial charge is 0.407 e. The second-order valence-electron chi connectivity index (χ2n) is 14.4. The minimum absolute atomic E-state index is 0.199. The van der Waals surface area contributed by atoms with Gasteiger partial charge in [-0.15, -0.1) is 0 Å². The molecule has 0 saturated carbocycles. The number of unbranched alkanes of at least 4 members (excludes halogenated alkanes) is 1. The molecule has 3 N–H and O–H groups in total. The van der Waals surface area contributed by atoms with Crippen LogP contribution in [0.5, 0.6) is 5.75 Å². The van der Waals surface area contributed by atoms with E-state index >= 15 is 0 Å². The van der Waals surface area contributed by atoms with E-state index in [0.717, 1.165) is 16.9 Å². The number of carbonyl (C=O) groups excluding carboxylic acids is 3. The summed E-state index contributed by atoms with van der Waals surface area (Å²) < 4.78 is 22.4. The van der Waals surface area contributed by atoms with Crippen molar-refractivity contribution in [3.63, 3.8) is 0 Å². The van der Waals surface area contributed by atoms with Crippen molar-refractivity contribution >= 4 is 18.2 Å². The minimum atomic E-state index is -0.661. The van der Waals surface area contributed by atoms with E-state index in [0.29, 0.717) is 38.8 Å². The van der Waals surface area contributed by atoms with Gasteiger partial charge in [0.25, 0.3) is 0 Å². The summed E-state index contributed by atoms with van der Waals surface area (Å²) in [6, 6.07) is 16.2. The van der Waals surface area contributed by atoms with Gasteiger partial charge in [0.15, 0.2) is 0 Å². The van der Waals surface area contributed by atoms with Crippen molar-refractivity contribution in [3.05, 3.63) is 65.7 Å². The van der Waals surface area contributed by atoms with Gasteiger partial charge in [-0.3, -0.25) is 4.79 Å². The largest absolute Gasteiger partial charge is 0.488 e. The Morgan fingerprint density at radius 2 is 1.35 bits per heavy atom. The summed E-state index contributed by atoms with van der Waals surface area (Å²) in [7, 11) is 0. The Morgan fingerprint density at radius 3 is 1.93 bits per heavy atom. The maximum Gasteiger partial charge on any atom is 0.407 e. The van der Waals surface area contributed by atoms with Crippen LogP contribution in [0.15, 0.2) is 54.6 Å².